The maximum atomic E-state index is 12.4. The summed E-state index contributed by atoms with van der Waals surface area (Å²) < 4.78 is 7.05. The highest BCUT2D eigenvalue weighted by Crippen LogP contribution is 2.23. The van der Waals surface area contributed by atoms with Crippen molar-refractivity contribution in [2.24, 2.45) is 0 Å². The Balaban J connectivity index is 1.88. The molecule has 0 aliphatic rings. The van der Waals surface area contributed by atoms with Crippen LogP contribution in [0.15, 0.2) is 48.8 Å². The van der Waals surface area contributed by atoms with Crippen molar-refractivity contribution >= 4 is 17.6 Å². The van der Waals surface area contributed by atoms with Crippen LogP contribution < -0.4 is 4.74 Å². The molecule has 0 bridgehead atoms. The van der Waals surface area contributed by atoms with Crippen LogP contribution in [0.1, 0.15) is 21.6 Å². The largest absolute Gasteiger partial charge is 0.423 e. The summed E-state index contributed by atoms with van der Waals surface area (Å²) in [5, 5.41) is 4.82. The molecule has 3 aromatic rings. The Morgan fingerprint density at radius 2 is 2.04 bits per heavy atom. The van der Waals surface area contributed by atoms with E-state index in [-0.39, 0.29) is 0 Å². The standard InChI is InChI=1S/C17H14ClN3O2/c1-11-9-13(18)6-7-15(11)23-17(22)14-10-20-21(12(14)2)16-5-3-4-8-19-16/h3-10H,1-2H3. The second kappa shape index (κ2) is 6.22. The molecule has 5 nitrogen and oxygen atoms in total. The highest BCUT2D eigenvalue weighted by atomic mass is 35.5. The lowest BCUT2D eigenvalue weighted by Crippen LogP contribution is -2.11. The van der Waals surface area contributed by atoms with Gasteiger partial charge in [-0.2, -0.15) is 5.10 Å². The fraction of sp³-hybridized carbons (Fsp3) is 0.118. The van der Waals surface area contributed by atoms with E-state index < -0.39 is 5.97 Å². The molecule has 0 radical (unpaired) electrons. The van der Waals surface area contributed by atoms with Crippen LogP contribution in [0, 0.1) is 13.8 Å². The third kappa shape index (κ3) is 3.10. The van der Waals surface area contributed by atoms with Gasteiger partial charge in [0.25, 0.3) is 0 Å². The van der Waals surface area contributed by atoms with Gasteiger partial charge in [0.15, 0.2) is 5.82 Å². The van der Waals surface area contributed by atoms with Crippen molar-refractivity contribution in [1.29, 1.82) is 0 Å². The van der Waals surface area contributed by atoms with Gasteiger partial charge in [0.05, 0.1) is 11.9 Å². The average molecular weight is 328 g/mol. The molecular weight excluding hydrogens is 314 g/mol. The van der Waals surface area contributed by atoms with Gasteiger partial charge in [-0.25, -0.2) is 14.5 Å². The van der Waals surface area contributed by atoms with Gasteiger partial charge in [-0.3, -0.25) is 0 Å². The first kappa shape index (κ1) is 15.2. The molecule has 23 heavy (non-hydrogen) atoms. The number of pyridine rings is 1. The maximum absolute atomic E-state index is 12.4. The molecule has 0 aliphatic heterocycles. The Morgan fingerprint density at radius 3 is 2.74 bits per heavy atom. The van der Waals surface area contributed by atoms with Crippen LogP contribution in [-0.4, -0.2) is 20.7 Å². The molecule has 0 aliphatic carbocycles. The van der Waals surface area contributed by atoms with Crippen molar-refractivity contribution in [3.05, 3.63) is 70.6 Å². The third-order valence-corrected chi connectivity index (χ3v) is 3.67. The smallest absolute Gasteiger partial charge is 0.347 e. The number of carbonyl (C=O) groups excluding carboxylic acids is 1. The summed E-state index contributed by atoms with van der Waals surface area (Å²) in [4.78, 5) is 16.6. The fourth-order valence-electron chi connectivity index (χ4n) is 2.20. The van der Waals surface area contributed by atoms with E-state index in [4.69, 9.17) is 16.3 Å². The topological polar surface area (TPSA) is 57.0 Å². The number of aryl methyl sites for hydroxylation is 1. The third-order valence-electron chi connectivity index (χ3n) is 3.44. The highest BCUT2D eigenvalue weighted by molar-refractivity contribution is 6.30. The zero-order chi connectivity index (χ0) is 16.4. The van der Waals surface area contributed by atoms with Gasteiger partial charge in [-0.15, -0.1) is 0 Å². The van der Waals surface area contributed by atoms with Gasteiger partial charge in [-0.1, -0.05) is 17.7 Å². The lowest BCUT2D eigenvalue weighted by atomic mass is 10.2. The van der Waals surface area contributed by atoms with Crippen LogP contribution in [0.5, 0.6) is 5.75 Å². The minimum atomic E-state index is -0.463. The molecule has 6 heteroatoms. The van der Waals surface area contributed by atoms with Gasteiger partial charge in [-0.05, 0) is 49.7 Å². The lowest BCUT2D eigenvalue weighted by Gasteiger charge is -2.07. The number of hydrogen-bond donors (Lipinski definition) is 0. The summed E-state index contributed by atoms with van der Waals surface area (Å²) in [6.45, 7) is 3.63. The van der Waals surface area contributed by atoms with E-state index in [9.17, 15) is 4.79 Å². The van der Waals surface area contributed by atoms with Crippen LogP contribution in [-0.2, 0) is 0 Å². The number of esters is 1. The Labute approximate surface area is 138 Å². The molecule has 2 aromatic heterocycles. The minimum absolute atomic E-state index is 0.394. The molecule has 0 unspecified atom stereocenters. The zero-order valence-electron chi connectivity index (χ0n) is 12.7. The summed E-state index contributed by atoms with van der Waals surface area (Å²) in [6.07, 6.45) is 3.16. The number of ether oxygens (including phenoxy) is 1. The van der Waals surface area contributed by atoms with Crippen molar-refractivity contribution in [2.45, 2.75) is 13.8 Å². The zero-order valence-corrected chi connectivity index (χ0v) is 13.4. The summed E-state index contributed by atoms with van der Waals surface area (Å²) in [7, 11) is 0. The Morgan fingerprint density at radius 1 is 1.22 bits per heavy atom. The summed E-state index contributed by atoms with van der Waals surface area (Å²) >= 11 is 5.91. The Hall–Kier alpha value is -2.66. The molecule has 0 fully saturated rings. The van der Waals surface area contributed by atoms with E-state index in [0.29, 0.717) is 27.8 Å². The molecule has 0 spiro atoms. The van der Waals surface area contributed by atoms with Crippen LogP contribution >= 0.6 is 11.6 Å². The summed E-state index contributed by atoms with van der Waals surface area (Å²) in [5.74, 6) is 0.659. The summed E-state index contributed by atoms with van der Waals surface area (Å²) in [5.41, 5.74) is 1.85. The van der Waals surface area contributed by atoms with E-state index in [2.05, 4.69) is 10.1 Å². The first-order valence-corrected chi connectivity index (χ1v) is 7.38. The number of nitrogens with zero attached hydrogens (tertiary/aromatic N) is 3. The van der Waals surface area contributed by atoms with Crippen LogP contribution in [0.2, 0.25) is 5.02 Å². The quantitative estimate of drug-likeness (QED) is 0.543. The van der Waals surface area contributed by atoms with Crippen molar-refractivity contribution in [2.75, 3.05) is 0 Å². The molecule has 3 rings (SSSR count). The van der Waals surface area contributed by atoms with Crippen molar-refractivity contribution < 1.29 is 9.53 Å². The second-order valence-electron chi connectivity index (χ2n) is 5.04. The minimum Gasteiger partial charge on any atom is -0.423 e. The monoisotopic (exact) mass is 327 g/mol. The SMILES string of the molecule is Cc1cc(Cl)ccc1OC(=O)c1cnn(-c2ccccn2)c1C. The van der Waals surface area contributed by atoms with E-state index in [1.54, 1.807) is 36.0 Å². The number of rotatable bonds is 3. The first-order chi connectivity index (χ1) is 11.1. The molecule has 0 amide bonds. The first-order valence-electron chi connectivity index (χ1n) is 7.00. The predicted octanol–water partition coefficient (Wildman–Crippen LogP) is 3.76. The van der Waals surface area contributed by atoms with Gasteiger partial charge in [0.1, 0.15) is 11.3 Å². The Kier molecular flexibility index (Phi) is 4.12. The predicted molar refractivity (Wildman–Crippen MR) is 87.2 cm³/mol. The number of halogens is 1. The molecule has 0 saturated heterocycles. The highest BCUT2D eigenvalue weighted by Gasteiger charge is 2.18. The van der Waals surface area contributed by atoms with Crippen LogP contribution in [0.4, 0.5) is 0 Å². The normalized spacial score (nSPS) is 10.6. The number of benzene rings is 1. The molecule has 1 aromatic carbocycles. The van der Waals surface area contributed by atoms with E-state index in [0.717, 1.165) is 5.56 Å². The molecular formula is C17H14ClN3O2. The van der Waals surface area contributed by atoms with Crippen LogP contribution in [0.3, 0.4) is 0 Å². The average Bonchev–Trinajstić information content (AvgIpc) is 2.92. The molecule has 116 valence electrons. The van der Waals surface area contributed by atoms with Crippen molar-refractivity contribution in [3.8, 4) is 11.6 Å². The van der Waals surface area contributed by atoms with Crippen molar-refractivity contribution in [3.63, 3.8) is 0 Å². The van der Waals surface area contributed by atoms with Gasteiger partial charge in [0, 0.05) is 11.2 Å². The lowest BCUT2D eigenvalue weighted by molar-refractivity contribution is 0.0732. The number of hydrogen-bond acceptors (Lipinski definition) is 4. The molecule has 2 heterocycles. The van der Waals surface area contributed by atoms with Gasteiger partial charge < -0.3 is 4.74 Å². The van der Waals surface area contributed by atoms with Crippen LogP contribution in [0.25, 0.3) is 5.82 Å². The van der Waals surface area contributed by atoms with E-state index in [1.165, 1.54) is 6.20 Å². The fourth-order valence-corrected chi connectivity index (χ4v) is 2.43. The number of aromatic nitrogens is 3. The summed E-state index contributed by atoms with van der Waals surface area (Å²) in [6, 6.07) is 10.6. The second-order valence-corrected chi connectivity index (χ2v) is 5.48. The molecule has 0 atom stereocenters. The maximum Gasteiger partial charge on any atom is 0.347 e. The number of carbonyl (C=O) groups is 1. The van der Waals surface area contributed by atoms with E-state index in [1.807, 2.05) is 25.1 Å². The van der Waals surface area contributed by atoms with Gasteiger partial charge in [0.2, 0.25) is 0 Å². The molecule has 0 N–H and O–H groups in total. The molecule has 0 saturated carbocycles. The van der Waals surface area contributed by atoms with Crippen molar-refractivity contribution in [1.82, 2.24) is 14.8 Å². The van der Waals surface area contributed by atoms with Gasteiger partial charge >= 0.3 is 5.97 Å². The Bertz CT molecular complexity index is 860. The van der Waals surface area contributed by atoms with E-state index >= 15 is 0 Å².